The molecule has 0 rings (SSSR count). The summed E-state index contributed by atoms with van der Waals surface area (Å²) in [6.07, 6.45) is -0.0888. The molecule has 0 aliphatic rings. The van der Waals surface area contributed by atoms with Crippen LogP contribution in [0.1, 0.15) is 6.42 Å². The van der Waals surface area contributed by atoms with Gasteiger partial charge in [-0.3, -0.25) is 4.79 Å². The summed E-state index contributed by atoms with van der Waals surface area (Å²) in [6.45, 7) is 3.46. The highest BCUT2D eigenvalue weighted by Gasteiger charge is 2.06. The van der Waals surface area contributed by atoms with Gasteiger partial charge in [-0.05, 0) is 0 Å². The van der Waals surface area contributed by atoms with Crippen LogP contribution < -0.4 is 0 Å². The van der Waals surface area contributed by atoms with Gasteiger partial charge in [-0.15, -0.1) is 0 Å². The van der Waals surface area contributed by atoms with Gasteiger partial charge in [-0.2, -0.15) is 0 Å². The van der Waals surface area contributed by atoms with Crippen molar-refractivity contribution >= 4 is 11.9 Å². The van der Waals surface area contributed by atoms with Crippen molar-refractivity contribution in [3.63, 3.8) is 0 Å². The Morgan fingerprint density at radius 1 is 1.46 bits per heavy atom. The number of hydrogen-bond acceptors (Lipinski definition) is 4. The molecule has 0 bridgehead atoms. The van der Waals surface area contributed by atoms with E-state index in [0.29, 0.717) is 0 Å². The van der Waals surface area contributed by atoms with E-state index in [1.165, 1.54) is 7.11 Å². The van der Waals surface area contributed by atoms with E-state index in [2.05, 4.69) is 11.3 Å². The van der Waals surface area contributed by atoms with Gasteiger partial charge in [-0.1, -0.05) is 6.58 Å². The molecule has 74 valence electrons. The first kappa shape index (κ1) is 11.6. The molecule has 0 radical (unpaired) electrons. The number of ether oxygens (including phenoxy) is 2. The van der Waals surface area contributed by atoms with E-state index >= 15 is 0 Å². The molecule has 0 fully saturated rings. The molecule has 5 heteroatoms. The van der Waals surface area contributed by atoms with Gasteiger partial charge in [0.25, 0.3) is 0 Å². The van der Waals surface area contributed by atoms with E-state index in [1.807, 2.05) is 0 Å². The minimum Gasteiger partial charge on any atom is -0.481 e. The van der Waals surface area contributed by atoms with Crippen molar-refractivity contribution in [3.05, 3.63) is 12.2 Å². The van der Waals surface area contributed by atoms with E-state index < -0.39 is 11.9 Å². The van der Waals surface area contributed by atoms with Crippen LogP contribution in [-0.2, 0) is 19.1 Å². The molecule has 0 atom stereocenters. The largest absolute Gasteiger partial charge is 0.481 e. The smallest absolute Gasteiger partial charge is 0.335 e. The van der Waals surface area contributed by atoms with Crippen molar-refractivity contribution in [1.82, 2.24) is 0 Å². The van der Waals surface area contributed by atoms with Gasteiger partial charge in [0, 0.05) is 0 Å². The van der Waals surface area contributed by atoms with Crippen LogP contribution in [0.5, 0.6) is 0 Å². The zero-order valence-corrected chi connectivity index (χ0v) is 7.41. The van der Waals surface area contributed by atoms with Crippen molar-refractivity contribution in [2.75, 3.05) is 20.3 Å². The number of methoxy groups -OCH3 is 1. The zero-order valence-electron chi connectivity index (χ0n) is 7.41. The molecule has 5 nitrogen and oxygen atoms in total. The number of carbonyl (C=O) groups excluding carboxylic acids is 1. The maximum atomic E-state index is 10.7. The minimum absolute atomic E-state index is 0.0000463. The fraction of sp³-hybridized carbons (Fsp3) is 0.500. The SMILES string of the molecule is C=C(COCCC(=O)O)C(=O)OC. The van der Waals surface area contributed by atoms with Gasteiger partial charge in [0.15, 0.2) is 0 Å². The molecule has 0 aliphatic heterocycles. The molecule has 0 heterocycles. The van der Waals surface area contributed by atoms with Gasteiger partial charge in [0.2, 0.25) is 0 Å². The Bertz CT molecular complexity index is 209. The second-order valence-corrected chi connectivity index (χ2v) is 2.29. The predicted octanol–water partition coefficient (Wildman–Crippen LogP) is 0.207. The molecule has 0 aromatic heterocycles. The van der Waals surface area contributed by atoms with E-state index in [-0.39, 0.29) is 25.2 Å². The van der Waals surface area contributed by atoms with Gasteiger partial charge >= 0.3 is 11.9 Å². The molecule has 0 aromatic rings. The first-order valence-electron chi connectivity index (χ1n) is 3.63. The molecule has 0 unspecified atom stereocenters. The first-order chi connectivity index (χ1) is 6.07. The number of carboxylic acid groups (broad SMARTS) is 1. The zero-order chi connectivity index (χ0) is 10.3. The summed E-state index contributed by atoms with van der Waals surface area (Å²) in [5.74, 6) is -1.49. The quantitative estimate of drug-likeness (QED) is 0.366. The Balaban J connectivity index is 3.48. The Kier molecular flexibility index (Phi) is 5.54. The van der Waals surface area contributed by atoms with Gasteiger partial charge in [0.05, 0.1) is 32.3 Å². The third-order valence-corrected chi connectivity index (χ3v) is 1.21. The maximum absolute atomic E-state index is 10.7. The summed E-state index contributed by atoms with van der Waals surface area (Å²) >= 11 is 0. The Morgan fingerprint density at radius 3 is 2.54 bits per heavy atom. The lowest BCUT2D eigenvalue weighted by Crippen LogP contribution is -2.11. The Hall–Kier alpha value is -1.36. The Labute approximate surface area is 75.9 Å². The maximum Gasteiger partial charge on any atom is 0.335 e. The summed E-state index contributed by atoms with van der Waals surface area (Å²) in [7, 11) is 1.24. The summed E-state index contributed by atoms with van der Waals surface area (Å²) in [6, 6.07) is 0. The van der Waals surface area contributed by atoms with Crippen LogP contribution in [0.2, 0.25) is 0 Å². The van der Waals surface area contributed by atoms with Crippen LogP contribution in [0.3, 0.4) is 0 Å². The van der Waals surface area contributed by atoms with Crippen molar-refractivity contribution in [3.8, 4) is 0 Å². The number of esters is 1. The highest BCUT2D eigenvalue weighted by atomic mass is 16.5. The predicted molar refractivity (Wildman–Crippen MR) is 44.2 cm³/mol. The van der Waals surface area contributed by atoms with Crippen LogP contribution in [0.15, 0.2) is 12.2 Å². The van der Waals surface area contributed by atoms with Crippen LogP contribution in [0.4, 0.5) is 0 Å². The number of carbonyl (C=O) groups is 2. The molecule has 0 amide bonds. The Morgan fingerprint density at radius 2 is 2.08 bits per heavy atom. The molecule has 0 spiro atoms. The lowest BCUT2D eigenvalue weighted by atomic mass is 10.3. The van der Waals surface area contributed by atoms with Crippen LogP contribution in [-0.4, -0.2) is 37.4 Å². The van der Waals surface area contributed by atoms with E-state index in [9.17, 15) is 9.59 Å². The third kappa shape index (κ3) is 5.86. The van der Waals surface area contributed by atoms with Crippen molar-refractivity contribution in [2.45, 2.75) is 6.42 Å². The lowest BCUT2D eigenvalue weighted by Gasteiger charge is -2.03. The van der Waals surface area contributed by atoms with E-state index in [1.54, 1.807) is 0 Å². The second-order valence-electron chi connectivity index (χ2n) is 2.29. The van der Waals surface area contributed by atoms with E-state index in [0.717, 1.165) is 0 Å². The molecule has 0 saturated heterocycles. The van der Waals surface area contributed by atoms with Crippen molar-refractivity contribution in [2.24, 2.45) is 0 Å². The molecule has 1 N–H and O–H groups in total. The summed E-state index contributed by atoms with van der Waals surface area (Å²) in [5.41, 5.74) is 0.174. The van der Waals surface area contributed by atoms with Crippen LogP contribution in [0.25, 0.3) is 0 Å². The first-order valence-corrected chi connectivity index (χ1v) is 3.63. The monoisotopic (exact) mass is 188 g/mol. The molecular formula is C8H12O5. The average molecular weight is 188 g/mol. The average Bonchev–Trinajstić information content (AvgIpc) is 2.10. The third-order valence-electron chi connectivity index (χ3n) is 1.21. The molecule has 0 aliphatic carbocycles. The summed E-state index contributed by atoms with van der Waals surface area (Å²) in [5, 5.41) is 8.24. The topological polar surface area (TPSA) is 72.8 Å². The number of carboxylic acids is 1. The second kappa shape index (κ2) is 6.19. The van der Waals surface area contributed by atoms with Crippen molar-refractivity contribution in [1.29, 1.82) is 0 Å². The molecule has 0 saturated carbocycles. The number of rotatable bonds is 6. The molecule has 13 heavy (non-hydrogen) atoms. The van der Waals surface area contributed by atoms with Crippen LogP contribution in [0, 0.1) is 0 Å². The number of aliphatic carboxylic acids is 1. The van der Waals surface area contributed by atoms with Gasteiger partial charge in [-0.25, -0.2) is 4.79 Å². The fourth-order valence-corrected chi connectivity index (χ4v) is 0.558. The normalized spacial score (nSPS) is 9.31. The highest BCUT2D eigenvalue weighted by Crippen LogP contribution is 1.95. The fourth-order valence-electron chi connectivity index (χ4n) is 0.558. The summed E-state index contributed by atoms with van der Waals surface area (Å²) < 4.78 is 9.20. The van der Waals surface area contributed by atoms with Crippen molar-refractivity contribution < 1.29 is 24.2 Å². The lowest BCUT2D eigenvalue weighted by molar-refractivity contribution is -0.138. The molecular weight excluding hydrogens is 176 g/mol. The minimum atomic E-state index is -0.941. The van der Waals surface area contributed by atoms with E-state index in [4.69, 9.17) is 9.84 Å². The highest BCUT2D eigenvalue weighted by molar-refractivity contribution is 5.87. The summed E-state index contributed by atoms with van der Waals surface area (Å²) in [4.78, 5) is 20.8. The van der Waals surface area contributed by atoms with Gasteiger partial charge < -0.3 is 14.6 Å². The number of hydrogen-bond donors (Lipinski definition) is 1. The standard InChI is InChI=1S/C8H12O5/c1-6(8(11)12-2)5-13-4-3-7(9)10/h1,3-5H2,2H3,(H,9,10). The molecule has 0 aromatic carbocycles. The van der Waals surface area contributed by atoms with Gasteiger partial charge in [0.1, 0.15) is 0 Å². The van der Waals surface area contributed by atoms with Crippen LogP contribution >= 0.6 is 0 Å².